The van der Waals surface area contributed by atoms with Crippen molar-refractivity contribution in [3.63, 3.8) is 0 Å². The zero-order valence-corrected chi connectivity index (χ0v) is 34.4. The molecule has 12 rings (SSSR count). The normalized spacial score (nSPS) is 14.0. The van der Waals surface area contributed by atoms with Crippen molar-refractivity contribution in [3.05, 3.63) is 264 Å². The lowest BCUT2D eigenvalue weighted by atomic mass is 9.66. The van der Waals surface area contributed by atoms with Gasteiger partial charge in [-0.2, -0.15) is 0 Å². The molecule has 0 amide bonds. The molecule has 0 spiro atoms. The monoisotopic (exact) mass is 789 g/mol. The van der Waals surface area contributed by atoms with Gasteiger partial charge in [0.1, 0.15) is 0 Å². The van der Waals surface area contributed by atoms with Crippen LogP contribution < -0.4 is 4.90 Å². The van der Waals surface area contributed by atoms with Crippen LogP contribution in [-0.2, 0) is 5.41 Å². The molecule has 0 saturated heterocycles. The highest BCUT2D eigenvalue weighted by Gasteiger charge is 2.47. The van der Waals surface area contributed by atoms with Crippen LogP contribution in [0.1, 0.15) is 35.1 Å². The summed E-state index contributed by atoms with van der Waals surface area (Å²) in [7, 11) is 0. The number of anilines is 3. The number of fused-ring (bicyclic) bond motifs is 6. The molecule has 0 fully saturated rings. The van der Waals surface area contributed by atoms with Crippen LogP contribution in [0.5, 0.6) is 0 Å². The molecular weight excluding hydrogens is 747 g/mol. The Bertz CT molecular complexity index is 3330. The lowest BCUT2D eigenvalue weighted by Crippen LogP contribution is -2.29. The van der Waals surface area contributed by atoms with Gasteiger partial charge < -0.3 is 4.90 Å². The zero-order valence-electron chi connectivity index (χ0n) is 34.4. The van der Waals surface area contributed by atoms with Crippen molar-refractivity contribution >= 4 is 55.0 Å². The first kappa shape index (κ1) is 36.1. The second-order valence-corrected chi connectivity index (χ2v) is 16.7. The summed E-state index contributed by atoms with van der Waals surface area (Å²) in [5.74, 6) is 0. The molecule has 0 aliphatic heterocycles. The largest absolute Gasteiger partial charge is 0.310 e. The SMILES string of the molecule is C1=CC2=C(CC1)c1ccc(N(c3ccc(-c4ccc5ccc6ccccc6c5c4)cc3)c3ccc(-c4cccc5ccccc45)cc3)cc1C2(c1ccccc1)c1ccccc1. The predicted octanol–water partition coefficient (Wildman–Crippen LogP) is 16.4. The zero-order chi connectivity index (χ0) is 41.0. The average molecular weight is 790 g/mol. The molecule has 0 aromatic heterocycles. The highest BCUT2D eigenvalue weighted by molar-refractivity contribution is 6.08. The molecule has 0 radical (unpaired) electrons. The molecule has 0 N–H and O–H groups in total. The second-order valence-electron chi connectivity index (χ2n) is 16.7. The molecular formula is C61H43N. The summed E-state index contributed by atoms with van der Waals surface area (Å²) in [5.41, 5.74) is 15.9. The van der Waals surface area contributed by atoms with Gasteiger partial charge in [0.05, 0.1) is 5.41 Å². The fraction of sp³-hybridized carbons (Fsp3) is 0.0492. The highest BCUT2D eigenvalue weighted by atomic mass is 15.1. The van der Waals surface area contributed by atoms with Gasteiger partial charge in [-0.15, -0.1) is 0 Å². The fourth-order valence-corrected chi connectivity index (χ4v) is 10.5. The molecule has 1 heteroatoms. The summed E-state index contributed by atoms with van der Waals surface area (Å²) < 4.78 is 0. The first-order chi connectivity index (χ1) is 30.7. The van der Waals surface area contributed by atoms with Crippen molar-refractivity contribution < 1.29 is 0 Å². The summed E-state index contributed by atoms with van der Waals surface area (Å²) in [6.45, 7) is 0. The van der Waals surface area contributed by atoms with Crippen LogP contribution in [0.2, 0.25) is 0 Å². The smallest absolute Gasteiger partial charge is 0.0710 e. The van der Waals surface area contributed by atoms with Crippen molar-refractivity contribution in [2.24, 2.45) is 0 Å². The maximum Gasteiger partial charge on any atom is 0.0710 e. The van der Waals surface area contributed by atoms with Gasteiger partial charge in [-0.3, -0.25) is 0 Å². The molecule has 2 aliphatic carbocycles. The van der Waals surface area contributed by atoms with E-state index in [-0.39, 0.29) is 0 Å². The predicted molar refractivity (Wildman–Crippen MR) is 263 cm³/mol. The summed E-state index contributed by atoms with van der Waals surface area (Å²) in [5, 5.41) is 7.60. The van der Waals surface area contributed by atoms with E-state index in [1.807, 2.05) is 0 Å². The topological polar surface area (TPSA) is 3.24 Å². The first-order valence-corrected chi connectivity index (χ1v) is 21.8. The van der Waals surface area contributed by atoms with E-state index in [4.69, 9.17) is 0 Å². The Balaban J connectivity index is 1.03. The van der Waals surface area contributed by atoms with Gasteiger partial charge in [-0.25, -0.2) is 0 Å². The first-order valence-electron chi connectivity index (χ1n) is 21.8. The summed E-state index contributed by atoms with van der Waals surface area (Å²) in [4.78, 5) is 2.44. The molecule has 292 valence electrons. The second kappa shape index (κ2) is 14.8. The average Bonchev–Trinajstić information content (AvgIpc) is 3.65. The number of allylic oxidation sites excluding steroid dienone is 4. The van der Waals surface area contributed by atoms with Gasteiger partial charge in [0.15, 0.2) is 0 Å². The third-order valence-electron chi connectivity index (χ3n) is 13.4. The minimum Gasteiger partial charge on any atom is -0.310 e. The molecule has 0 heterocycles. The van der Waals surface area contributed by atoms with E-state index in [1.54, 1.807) is 0 Å². The standard InChI is InChI=1S/C61H43N/c1-3-17-48(18-4-1)61(49-19-5-2-6-20-49)59-25-12-11-23-56(59)57-39-38-52(41-60(57)61)62(51-36-32-45(33-37-51)54-24-13-16-43-14-7-9-21-53(43)54)50-34-30-42(31-35-50)47-29-28-46-27-26-44-15-8-10-22-55(44)58(46)40-47/h1-10,12-22,24-41H,11,23H2. The molecule has 2 aliphatic rings. The van der Waals surface area contributed by atoms with Crippen LogP contribution in [0.15, 0.2) is 242 Å². The van der Waals surface area contributed by atoms with Crippen molar-refractivity contribution in [1.29, 1.82) is 0 Å². The van der Waals surface area contributed by atoms with Gasteiger partial charge in [0.25, 0.3) is 0 Å². The Kier molecular flexibility index (Phi) is 8.61. The van der Waals surface area contributed by atoms with E-state index in [0.717, 1.165) is 29.9 Å². The van der Waals surface area contributed by atoms with Crippen molar-refractivity contribution in [2.45, 2.75) is 18.3 Å². The van der Waals surface area contributed by atoms with E-state index >= 15 is 0 Å². The van der Waals surface area contributed by atoms with Crippen LogP contribution in [0.25, 0.3) is 60.1 Å². The molecule has 10 aromatic rings. The summed E-state index contributed by atoms with van der Waals surface area (Å²) in [6.07, 6.45) is 6.87. The summed E-state index contributed by atoms with van der Waals surface area (Å²) in [6, 6.07) is 83.1. The van der Waals surface area contributed by atoms with E-state index in [0.29, 0.717) is 0 Å². The maximum atomic E-state index is 2.49. The van der Waals surface area contributed by atoms with E-state index in [1.165, 1.54) is 88.0 Å². The number of rotatable bonds is 7. The fourth-order valence-electron chi connectivity index (χ4n) is 10.5. The molecule has 0 bridgehead atoms. The lowest BCUT2D eigenvalue weighted by Gasteiger charge is -2.36. The van der Waals surface area contributed by atoms with Crippen LogP contribution >= 0.6 is 0 Å². The molecule has 0 unspecified atom stereocenters. The highest BCUT2D eigenvalue weighted by Crippen LogP contribution is 2.58. The maximum absolute atomic E-state index is 2.49. The van der Waals surface area contributed by atoms with Crippen LogP contribution in [-0.4, -0.2) is 0 Å². The Labute approximate surface area is 363 Å². The van der Waals surface area contributed by atoms with E-state index < -0.39 is 5.41 Å². The van der Waals surface area contributed by atoms with Gasteiger partial charge in [-0.1, -0.05) is 194 Å². The minimum absolute atomic E-state index is 0.450. The van der Waals surface area contributed by atoms with Gasteiger partial charge in [0.2, 0.25) is 0 Å². The third-order valence-corrected chi connectivity index (χ3v) is 13.4. The third kappa shape index (κ3) is 5.77. The van der Waals surface area contributed by atoms with Crippen LogP contribution in [0, 0.1) is 0 Å². The quantitative estimate of drug-likeness (QED) is 0.145. The van der Waals surface area contributed by atoms with Crippen LogP contribution in [0.3, 0.4) is 0 Å². The van der Waals surface area contributed by atoms with Gasteiger partial charge >= 0.3 is 0 Å². The Hall–Kier alpha value is -7.74. The molecule has 1 nitrogen and oxygen atoms in total. The number of nitrogens with zero attached hydrogens (tertiary/aromatic N) is 1. The van der Waals surface area contributed by atoms with Crippen LogP contribution in [0.4, 0.5) is 17.1 Å². The van der Waals surface area contributed by atoms with Crippen molar-refractivity contribution in [3.8, 4) is 22.3 Å². The van der Waals surface area contributed by atoms with Gasteiger partial charge in [-0.05, 0) is 143 Å². The van der Waals surface area contributed by atoms with E-state index in [2.05, 4.69) is 242 Å². The minimum atomic E-state index is -0.450. The number of hydrogen-bond acceptors (Lipinski definition) is 1. The van der Waals surface area contributed by atoms with Crippen molar-refractivity contribution in [1.82, 2.24) is 0 Å². The number of benzene rings is 10. The summed E-state index contributed by atoms with van der Waals surface area (Å²) >= 11 is 0. The van der Waals surface area contributed by atoms with Crippen molar-refractivity contribution in [2.75, 3.05) is 4.90 Å². The molecule has 0 atom stereocenters. The Morgan fingerprint density at radius 2 is 0.919 bits per heavy atom. The lowest BCUT2D eigenvalue weighted by molar-refractivity contribution is 0.756. The Morgan fingerprint density at radius 1 is 0.371 bits per heavy atom. The molecule has 62 heavy (non-hydrogen) atoms. The van der Waals surface area contributed by atoms with E-state index in [9.17, 15) is 0 Å². The Morgan fingerprint density at radius 3 is 1.63 bits per heavy atom. The number of hydrogen-bond donors (Lipinski definition) is 0. The molecule has 10 aromatic carbocycles. The van der Waals surface area contributed by atoms with Gasteiger partial charge in [0, 0.05) is 17.1 Å². The molecule has 0 saturated carbocycles.